The molecule has 0 N–H and O–H groups in total. The van der Waals surface area contributed by atoms with E-state index in [1.165, 1.54) is 28.8 Å². The standard InChI is InChI=1S/C23H15BrN4O4S/c24-15-5-8-18-19(12-15)33-23(26-18)28(25-13-17-2-1-11-32-17)22(31)14-3-6-16(7-4-14)27-20(29)9-10-21(27)30/h1-8,11-13H,9-10H2/b25-13+. The van der Waals surface area contributed by atoms with Gasteiger partial charge in [-0.3, -0.25) is 19.3 Å². The number of imide groups is 1. The Morgan fingerprint density at radius 1 is 1.12 bits per heavy atom. The van der Waals surface area contributed by atoms with E-state index in [2.05, 4.69) is 26.0 Å². The number of furan rings is 1. The van der Waals surface area contributed by atoms with E-state index in [4.69, 9.17) is 4.42 Å². The van der Waals surface area contributed by atoms with Crippen LogP contribution in [-0.4, -0.2) is 28.9 Å². The number of benzene rings is 2. The third-order valence-corrected chi connectivity index (χ3v) is 6.47. The predicted molar refractivity (Wildman–Crippen MR) is 129 cm³/mol. The second-order valence-electron chi connectivity index (χ2n) is 7.16. The third kappa shape index (κ3) is 4.22. The van der Waals surface area contributed by atoms with Gasteiger partial charge in [0.05, 0.1) is 28.4 Å². The molecule has 1 aliphatic heterocycles. The molecule has 2 aromatic carbocycles. The Morgan fingerprint density at radius 3 is 2.58 bits per heavy atom. The van der Waals surface area contributed by atoms with Gasteiger partial charge in [0.2, 0.25) is 16.9 Å². The van der Waals surface area contributed by atoms with Crippen LogP contribution in [0.1, 0.15) is 29.0 Å². The minimum absolute atomic E-state index is 0.197. The lowest BCUT2D eigenvalue weighted by Crippen LogP contribution is -2.29. The molecule has 10 heteroatoms. The number of anilines is 2. The Hall–Kier alpha value is -3.63. The Morgan fingerprint density at radius 2 is 1.88 bits per heavy atom. The highest BCUT2D eigenvalue weighted by Gasteiger charge is 2.30. The van der Waals surface area contributed by atoms with Gasteiger partial charge in [0, 0.05) is 22.9 Å². The smallest absolute Gasteiger partial charge is 0.280 e. The van der Waals surface area contributed by atoms with Crippen molar-refractivity contribution >= 4 is 72.2 Å². The number of carbonyl (C=O) groups excluding carboxylic acids is 3. The molecule has 1 aliphatic rings. The molecule has 4 aromatic rings. The number of nitrogens with zero attached hydrogens (tertiary/aromatic N) is 4. The van der Waals surface area contributed by atoms with E-state index in [-0.39, 0.29) is 24.7 Å². The lowest BCUT2D eigenvalue weighted by atomic mass is 10.2. The van der Waals surface area contributed by atoms with E-state index in [9.17, 15) is 14.4 Å². The van der Waals surface area contributed by atoms with Crippen LogP contribution in [0.25, 0.3) is 10.2 Å². The fraction of sp³-hybridized carbons (Fsp3) is 0.0870. The number of hydrazone groups is 1. The number of carbonyl (C=O) groups is 3. The molecule has 3 amide bonds. The second kappa shape index (κ2) is 8.72. The van der Waals surface area contributed by atoms with Crippen LogP contribution in [0.4, 0.5) is 10.8 Å². The van der Waals surface area contributed by atoms with Crippen molar-refractivity contribution < 1.29 is 18.8 Å². The fourth-order valence-corrected chi connectivity index (χ4v) is 4.86. The van der Waals surface area contributed by atoms with E-state index in [0.717, 1.165) is 19.6 Å². The number of rotatable bonds is 5. The zero-order valence-corrected chi connectivity index (χ0v) is 19.4. The van der Waals surface area contributed by atoms with E-state index in [1.54, 1.807) is 36.4 Å². The van der Waals surface area contributed by atoms with E-state index in [0.29, 0.717) is 22.1 Å². The maximum absolute atomic E-state index is 13.4. The number of aromatic nitrogens is 1. The summed E-state index contributed by atoms with van der Waals surface area (Å²) >= 11 is 4.77. The molecule has 164 valence electrons. The second-order valence-corrected chi connectivity index (χ2v) is 9.08. The highest BCUT2D eigenvalue weighted by molar-refractivity contribution is 9.10. The first-order valence-corrected chi connectivity index (χ1v) is 11.5. The Labute approximate surface area is 200 Å². The molecular weight excluding hydrogens is 508 g/mol. The lowest BCUT2D eigenvalue weighted by Gasteiger charge is -2.16. The molecule has 0 unspecified atom stereocenters. The largest absolute Gasteiger partial charge is 0.463 e. The van der Waals surface area contributed by atoms with Crippen molar-refractivity contribution in [2.75, 3.05) is 9.91 Å². The number of hydrogen-bond acceptors (Lipinski definition) is 7. The topological polar surface area (TPSA) is 96.1 Å². The van der Waals surface area contributed by atoms with E-state index >= 15 is 0 Å². The quantitative estimate of drug-likeness (QED) is 0.209. The summed E-state index contributed by atoms with van der Waals surface area (Å²) in [5, 5.41) is 5.94. The van der Waals surface area contributed by atoms with Gasteiger partial charge < -0.3 is 4.42 Å². The molecule has 0 radical (unpaired) electrons. The van der Waals surface area contributed by atoms with E-state index < -0.39 is 5.91 Å². The summed E-state index contributed by atoms with van der Waals surface area (Å²) in [7, 11) is 0. The van der Waals surface area contributed by atoms with Gasteiger partial charge in [-0.05, 0) is 54.6 Å². The monoisotopic (exact) mass is 522 g/mol. The maximum Gasteiger partial charge on any atom is 0.280 e. The van der Waals surface area contributed by atoms with Crippen LogP contribution in [0, 0.1) is 0 Å². The highest BCUT2D eigenvalue weighted by atomic mass is 79.9. The molecule has 0 bridgehead atoms. The summed E-state index contributed by atoms with van der Waals surface area (Å²) < 4.78 is 7.09. The van der Waals surface area contributed by atoms with Gasteiger partial charge in [-0.25, -0.2) is 4.98 Å². The summed E-state index contributed by atoms with van der Waals surface area (Å²) in [5.74, 6) is -0.423. The van der Waals surface area contributed by atoms with Crippen LogP contribution in [0.15, 0.2) is 74.9 Å². The van der Waals surface area contributed by atoms with Crippen molar-refractivity contribution in [3.05, 3.63) is 76.7 Å². The molecule has 3 heterocycles. The van der Waals surface area contributed by atoms with Gasteiger partial charge in [-0.1, -0.05) is 27.3 Å². The molecule has 2 aromatic heterocycles. The normalized spacial score (nSPS) is 14.0. The van der Waals surface area contributed by atoms with Gasteiger partial charge >= 0.3 is 0 Å². The average molecular weight is 523 g/mol. The van der Waals surface area contributed by atoms with Crippen molar-refractivity contribution in [2.24, 2.45) is 5.10 Å². The van der Waals surface area contributed by atoms with Crippen molar-refractivity contribution in [2.45, 2.75) is 12.8 Å². The molecule has 0 aliphatic carbocycles. The zero-order chi connectivity index (χ0) is 22.9. The minimum atomic E-state index is -0.415. The van der Waals surface area contributed by atoms with Gasteiger partial charge in [-0.15, -0.1) is 0 Å². The molecule has 5 rings (SSSR count). The molecule has 0 saturated carbocycles. The first-order valence-electron chi connectivity index (χ1n) is 9.93. The zero-order valence-electron chi connectivity index (χ0n) is 17.0. The molecule has 0 spiro atoms. The summed E-state index contributed by atoms with van der Waals surface area (Å²) in [6, 6.07) is 15.4. The van der Waals surface area contributed by atoms with Crippen LogP contribution in [0.2, 0.25) is 0 Å². The van der Waals surface area contributed by atoms with Crippen LogP contribution < -0.4 is 9.91 Å². The SMILES string of the molecule is O=C(c1ccc(N2C(=O)CCC2=O)cc1)N(/N=C/c1ccco1)c1nc2ccc(Br)cc2s1. The van der Waals surface area contributed by atoms with Crippen LogP contribution in [-0.2, 0) is 9.59 Å². The fourth-order valence-electron chi connectivity index (χ4n) is 3.38. The van der Waals surface area contributed by atoms with Crippen LogP contribution >= 0.6 is 27.3 Å². The first-order chi connectivity index (χ1) is 16.0. The third-order valence-electron chi connectivity index (χ3n) is 4.98. The molecule has 1 saturated heterocycles. The van der Waals surface area contributed by atoms with Crippen molar-refractivity contribution in [3.63, 3.8) is 0 Å². The minimum Gasteiger partial charge on any atom is -0.463 e. The predicted octanol–water partition coefficient (Wildman–Crippen LogP) is 4.99. The van der Waals surface area contributed by atoms with Crippen molar-refractivity contribution in [1.82, 2.24) is 4.98 Å². The van der Waals surface area contributed by atoms with Crippen molar-refractivity contribution in [3.8, 4) is 0 Å². The number of fused-ring (bicyclic) bond motifs is 1. The number of thiazole rings is 1. The lowest BCUT2D eigenvalue weighted by molar-refractivity contribution is -0.121. The van der Waals surface area contributed by atoms with Gasteiger partial charge in [0.15, 0.2) is 0 Å². The summed E-state index contributed by atoms with van der Waals surface area (Å²) in [5.41, 5.74) is 1.51. The van der Waals surface area contributed by atoms with Crippen LogP contribution in [0.5, 0.6) is 0 Å². The van der Waals surface area contributed by atoms with Crippen molar-refractivity contribution in [1.29, 1.82) is 0 Å². The first kappa shape index (κ1) is 21.2. The number of amides is 3. The molecule has 0 atom stereocenters. The van der Waals surface area contributed by atoms with Gasteiger partial charge in [0.25, 0.3) is 5.91 Å². The summed E-state index contributed by atoms with van der Waals surface area (Å²) in [6.07, 6.45) is 3.35. The average Bonchev–Trinajstić information content (AvgIpc) is 3.54. The highest BCUT2D eigenvalue weighted by Crippen LogP contribution is 2.32. The van der Waals surface area contributed by atoms with Crippen LogP contribution in [0.3, 0.4) is 0 Å². The molecule has 33 heavy (non-hydrogen) atoms. The summed E-state index contributed by atoms with van der Waals surface area (Å²) in [6.45, 7) is 0. The molecule has 8 nitrogen and oxygen atoms in total. The number of hydrogen-bond donors (Lipinski definition) is 0. The Kier molecular flexibility index (Phi) is 5.61. The Balaban J connectivity index is 1.49. The van der Waals surface area contributed by atoms with Gasteiger partial charge in [-0.2, -0.15) is 10.1 Å². The Bertz CT molecular complexity index is 1380. The molecular formula is C23H15BrN4O4S. The van der Waals surface area contributed by atoms with Gasteiger partial charge in [0.1, 0.15) is 5.76 Å². The maximum atomic E-state index is 13.4. The molecule has 1 fully saturated rings. The number of halogens is 1. The summed E-state index contributed by atoms with van der Waals surface area (Å²) in [4.78, 5) is 43.1. The van der Waals surface area contributed by atoms with E-state index in [1.807, 2.05) is 18.2 Å².